The molecular weight excluding hydrogens is 323 g/mol. The Balaban J connectivity index is 2.28. The van der Waals surface area contributed by atoms with Crippen LogP contribution >= 0.6 is 15.9 Å². The van der Waals surface area contributed by atoms with Crippen LogP contribution in [-0.4, -0.2) is 23.6 Å². The summed E-state index contributed by atoms with van der Waals surface area (Å²) in [7, 11) is 0. The Morgan fingerprint density at radius 2 is 2.00 bits per heavy atom. The molecular formula is C12H15BrF3N3. The molecule has 3 nitrogen and oxygen atoms in total. The van der Waals surface area contributed by atoms with Crippen LogP contribution in [0.15, 0.2) is 16.7 Å². The summed E-state index contributed by atoms with van der Waals surface area (Å²) in [5, 5.41) is 0. The molecule has 0 spiro atoms. The van der Waals surface area contributed by atoms with Crippen molar-refractivity contribution in [3.05, 3.63) is 22.3 Å². The molecule has 2 N–H and O–H groups in total. The summed E-state index contributed by atoms with van der Waals surface area (Å²) in [5.41, 5.74) is 4.94. The normalized spacial score (nSPS) is 18.6. The number of hydrogen-bond acceptors (Lipinski definition) is 3. The largest absolute Gasteiger partial charge is 0.419 e. The molecule has 0 aromatic carbocycles. The highest BCUT2D eigenvalue weighted by molar-refractivity contribution is 9.10. The average molecular weight is 338 g/mol. The van der Waals surface area contributed by atoms with E-state index in [2.05, 4.69) is 20.9 Å². The number of aromatic nitrogens is 1. The lowest BCUT2D eigenvalue weighted by atomic mass is 9.80. The summed E-state index contributed by atoms with van der Waals surface area (Å²) in [6.45, 7) is 4.72. The number of hydrogen-bond donors (Lipinski definition) is 1. The maximum absolute atomic E-state index is 13.0. The van der Waals surface area contributed by atoms with Gasteiger partial charge in [-0.05, 0) is 27.9 Å². The van der Waals surface area contributed by atoms with E-state index in [0.29, 0.717) is 17.6 Å². The Kier molecular flexibility index (Phi) is 3.55. The van der Waals surface area contributed by atoms with E-state index < -0.39 is 17.3 Å². The minimum atomic E-state index is -4.42. The molecule has 1 aromatic rings. The van der Waals surface area contributed by atoms with Gasteiger partial charge in [0.1, 0.15) is 5.82 Å². The van der Waals surface area contributed by atoms with Gasteiger partial charge in [0.25, 0.3) is 0 Å². The highest BCUT2D eigenvalue weighted by Crippen LogP contribution is 2.40. The van der Waals surface area contributed by atoms with Gasteiger partial charge < -0.3 is 10.6 Å². The number of anilines is 1. The fourth-order valence-corrected chi connectivity index (χ4v) is 2.40. The van der Waals surface area contributed by atoms with Crippen molar-refractivity contribution in [2.45, 2.75) is 25.6 Å². The Hall–Kier alpha value is -0.820. The van der Waals surface area contributed by atoms with Crippen molar-refractivity contribution in [2.24, 2.45) is 11.7 Å². The fraction of sp³-hybridized carbons (Fsp3) is 0.583. The molecule has 0 unspecified atom stereocenters. The molecule has 0 atom stereocenters. The van der Waals surface area contributed by atoms with Crippen molar-refractivity contribution in [1.29, 1.82) is 0 Å². The predicted octanol–water partition coefficient (Wildman–Crippen LogP) is 3.04. The molecule has 106 valence electrons. The minimum Gasteiger partial charge on any atom is -0.352 e. The van der Waals surface area contributed by atoms with Crippen molar-refractivity contribution in [3.63, 3.8) is 0 Å². The van der Waals surface area contributed by atoms with Crippen LogP contribution in [0.3, 0.4) is 0 Å². The number of nitrogens with two attached hydrogens (primary N) is 1. The zero-order chi connectivity index (χ0) is 14.4. The van der Waals surface area contributed by atoms with E-state index in [1.165, 1.54) is 6.20 Å². The average Bonchev–Trinajstić information content (AvgIpc) is 2.23. The number of alkyl halides is 3. The molecule has 0 saturated carbocycles. The SMILES string of the molecule is CC(C)C1(N)CN(c2ncc(Br)cc2C(F)(F)F)C1. The van der Waals surface area contributed by atoms with E-state index in [1.807, 2.05) is 13.8 Å². The van der Waals surface area contributed by atoms with Crippen LogP contribution in [0.1, 0.15) is 19.4 Å². The summed E-state index contributed by atoms with van der Waals surface area (Å²) < 4.78 is 39.3. The molecule has 1 aliphatic rings. The minimum absolute atomic E-state index is 0.0441. The second-order valence-corrected chi connectivity index (χ2v) is 6.18. The van der Waals surface area contributed by atoms with E-state index >= 15 is 0 Å². The van der Waals surface area contributed by atoms with Crippen LogP contribution in [0.5, 0.6) is 0 Å². The van der Waals surface area contributed by atoms with Crippen molar-refractivity contribution < 1.29 is 13.2 Å². The van der Waals surface area contributed by atoms with Crippen LogP contribution in [0.2, 0.25) is 0 Å². The van der Waals surface area contributed by atoms with Crippen molar-refractivity contribution >= 4 is 21.7 Å². The molecule has 0 aliphatic carbocycles. The van der Waals surface area contributed by atoms with Gasteiger partial charge in [-0.3, -0.25) is 0 Å². The lowest BCUT2D eigenvalue weighted by Crippen LogP contribution is -2.70. The maximum Gasteiger partial charge on any atom is 0.419 e. The number of rotatable bonds is 2. The van der Waals surface area contributed by atoms with Crippen molar-refractivity contribution in [2.75, 3.05) is 18.0 Å². The quantitative estimate of drug-likeness (QED) is 0.901. The van der Waals surface area contributed by atoms with E-state index in [-0.39, 0.29) is 11.7 Å². The van der Waals surface area contributed by atoms with Crippen LogP contribution < -0.4 is 10.6 Å². The number of pyridine rings is 1. The second-order valence-electron chi connectivity index (χ2n) is 5.27. The topological polar surface area (TPSA) is 42.1 Å². The van der Waals surface area contributed by atoms with Crippen LogP contribution in [0, 0.1) is 5.92 Å². The lowest BCUT2D eigenvalue weighted by Gasteiger charge is -2.51. The van der Waals surface area contributed by atoms with Crippen molar-refractivity contribution in [3.8, 4) is 0 Å². The van der Waals surface area contributed by atoms with Crippen LogP contribution in [0.4, 0.5) is 19.0 Å². The molecule has 19 heavy (non-hydrogen) atoms. The van der Waals surface area contributed by atoms with Gasteiger partial charge in [0.2, 0.25) is 0 Å². The summed E-state index contributed by atoms with van der Waals surface area (Å²) in [4.78, 5) is 5.47. The molecule has 2 heterocycles. The van der Waals surface area contributed by atoms with Crippen molar-refractivity contribution in [1.82, 2.24) is 4.98 Å². The van der Waals surface area contributed by atoms with E-state index in [1.54, 1.807) is 4.90 Å². The summed E-state index contributed by atoms with van der Waals surface area (Å²) >= 11 is 3.02. The molecule has 0 bridgehead atoms. The Bertz CT molecular complexity index is 482. The first kappa shape index (κ1) is 14.6. The highest BCUT2D eigenvalue weighted by atomic mass is 79.9. The van der Waals surface area contributed by atoms with E-state index in [0.717, 1.165) is 6.07 Å². The smallest absolute Gasteiger partial charge is 0.352 e. The molecule has 2 rings (SSSR count). The van der Waals surface area contributed by atoms with Crippen LogP contribution in [-0.2, 0) is 6.18 Å². The Labute approximate surface area is 118 Å². The standard InChI is InChI=1S/C12H15BrF3N3/c1-7(2)11(17)5-19(6-11)10-9(12(14,15)16)3-8(13)4-18-10/h3-4,7H,5-6,17H2,1-2H3. The molecule has 1 saturated heterocycles. The fourth-order valence-electron chi connectivity index (χ4n) is 2.07. The second kappa shape index (κ2) is 4.63. The van der Waals surface area contributed by atoms with Gasteiger partial charge in [0.15, 0.2) is 0 Å². The first-order chi connectivity index (χ1) is 8.63. The predicted molar refractivity (Wildman–Crippen MR) is 70.9 cm³/mol. The first-order valence-electron chi connectivity index (χ1n) is 5.90. The number of nitrogens with zero attached hydrogens (tertiary/aromatic N) is 2. The van der Waals surface area contributed by atoms with Gasteiger partial charge in [-0.1, -0.05) is 13.8 Å². The molecule has 1 aromatic heterocycles. The zero-order valence-corrected chi connectivity index (χ0v) is 12.2. The van der Waals surface area contributed by atoms with Gasteiger partial charge in [-0.2, -0.15) is 13.2 Å². The van der Waals surface area contributed by atoms with Gasteiger partial charge >= 0.3 is 6.18 Å². The summed E-state index contributed by atoms with van der Waals surface area (Å²) in [5.74, 6) is 0.172. The summed E-state index contributed by atoms with van der Waals surface area (Å²) in [6, 6.07) is 1.05. The third-order valence-corrected chi connectivity index (χ3v) is 3.99. The van der Waals surface area contributed by atoms with Crippen LogP contribution in [0.25, 0.3) is 0 Å². The van der Waals surface area contributed by atoms with Gasteiger partial charge in [0, 0.05) is 23.8 Å². The van der Waals surface area contributed by atoms with Gasteiger partial charge in [-0.25, -0.2) is 4.98 Å². The maximum atomic E-state index is 13.0. The number of halogens is 4. The lowest BCUT2D eigenvalue weighted by molar-refractivity contribution is -0.137. The first-order valence-corrected chi connectivity index (χ1v) is 6.69. The van der Waals surface area contributed by atoms with E-state index in [4.69, 9.17) is 5.73 Å². The molecule has 1 fully saturated rings. The van der Waals surface area contributed by atoms with Gasteiger partial charge in [0.05, 0.1) is 11.1 Å². The zero-order valence-electron chi connectivity index (χ0n) is 10.6. The highest BCUT2D eigenvalue weighted by Gasteiger charge is 2.45. The Morgan fingerprint density at radius 3 is 2.47 bits per heavy atom. The Morgan fingerprint density at radius 1 is 1.42 bits per heavy atom. The van der Waals surface area contributed by atoms with Gasteiger partial charge in [-0.15, -0.1) is 0 Å². The molecule has 1 aliphatic heterocycles. The third-order valence-electron chi connectivity index (χ3n) is 3.56. The molecule has 7 heteroatoms. The van der Waals surface area contributed by atoms with E-state index in [9.17, 15) is 13.2 Å². The summed E-state index contributed by atoms with van der Waals surface area (Å²) in [6.07, 6.45) is -3.05. The molecule has 0 radical (unpaired) electrons. The third kappa shape index (κ3) is 2.72. The molecule has 0 amide bonds. The monoisotopic (exact) mass is 337 g/mol.